The summed E-state index contributed by atoms with van der Waals surface area (Å²) in [6.45, 7) is 0.338. The van der Waals surface area contributed by atoms with Crippen LogP contribution in [0.4, 0.5) is 0 Å². The smallest absolute Gasteiger partial charge is 0.251 e. The number of amides is 1. The van der Waals surface area contributed by atoms with E-state index in [-0.39, 0.29) is 12.5 Å². The van der Waals surface area contributed by atoms with Crippen molar-refractivity contribution in [2.45, 2.75) is 6.54 Å². The van der Waals surface area contributed by atoms with Gasteiger partial charge >= 0.3 is 0 Å². The molecule has 6 nitrogen and oxygen atoms in total. The fourth-order valence-corrected chi connectivity index (χ4v) is 3.26. The first kappa shape index (κ1) is 19.9. The van der Waals surface area contributed by atoms with Crippen molar-refractivity contribution in [3.8, 4) is 28.8 Å². The van der Waals surface area contributed by atoms with Gasteiger partial charge in [-0.15, -0.1) is 0 Å². The second-order valence-electron chi connectivity index (χ2n) is 6.82. The summed E-state index contributed by atoms with van der Waals surface area (Å²) in [4.78, 5) is 12.7. The molecule has 0 aliphatic heterocycles. The molecular weight excluding hydrogens is 388 g/mol. The van der Waals surface area contributed by atoms with Gasteiger partial charge < -0.3 is 10.1 Å². The molecule has 0 radical (unpaired) electrons. The van der Waals surface area contributed by atoms with Crippen molar-refractivity contribution in [3.05, 3.63) is 102 Å². The van der Waals surface area contributed by atoms with E-state index in [1.807, 2.05) is 83.5 Å². The molecule has 3 aromatic carbocycles. The third kappa shape index (κ3) is 4.80. The molecule has 1 N–H and O–H groups in total. The summed E-state index contributed by atoms with van der Waals surface area (Å²) >= 11 is 0. The van der Waals surface area contributed by atoms with Gasteiger partial charge in [0.15, 0.2) is 6.61 Å². The molecule has 0 unspecified atom stereocenters. The normalized spacial score (nSPS) is 10.3. The number of nitriles is 1. The van der Waals surface area contributed by atoms with Gasteiger partial charge in [-0.05, 0) is 42.0 Å². The van der Waals surface area contributed by atoms with Crippen molar-refractivity contribution in [2.24, 2.45) is 0 Å². The van der Waals surface area contributed by atoms with Crippen molar-refractivity contribution in [1.82, 2.24) is 15.1 Å². The van der Waals surface area contributed by atoms with Gasteiger partial charge in [0.2, 0.25) is 0 Å². The molecule has 0 saturated carbocycles. The number of nitrogens with zero attached hydrogens (tertiary/aromatic N) is 3. The molecule has 4 rings (SSSR count). The minimum Gasteiger partial charge on any atom is -0.479 e. The highest BCUT2D eigenvalue weighted by molar-refractivity contribution is 5.94. The fourth-order valence-electron chi connectivity index (χ4n) is 3.26. The van der Waals surface area contributed by atoms with Gasteiger partial charge in [0.05, 0.1) is 17.6 Å². The average molecular weight is 408 g/mol. The molecule has 0 spiro atoms. The van der Waals surface area contributed by atoms with Crippen LogP contribution >= 0.6 is 0 Å². The van der Waals surface area contributed by atoms with Crippen LogP contribution in [-0.2, 0) is 6.54 Å². The highest BCUT2D eigenvalue weighted by atomic mass is 16.5. The number of carbonyl (C=O) groups excluding carboxylic acids is 1. The number of ether oxygens (including phenoxy) is 1. The molecule has 0 saturated heterocycles. The molecule has 0 aliphatic rings. The van der Waals surface area contributed by atoms with E-state index in [2.05, 4.69) is 10.4 Å². The van der Waals surface area contributed by atoms with Crippen LogP contribution < -0.4 is 10.1 Å². The Balaban J connectivity index is 1.49. The van der Waals surface area contributed by atoms with E-state index >= 15 is 0 Å². The minimum atomic E-state index is -0.182. The molecule has 1 amide bonds. The molecule has 0 fully saturated rings. The Bertz CT molecular complexity index is 1230. The number of aromatic nitrogens is 2. The number of carbonyl (C=O) groups is 1. The fraction of sp³-hybridized carbons (Fsp3) is 0.0800. The first-order chi connectivity index (χ1) is 15.2. The predicted molar refractivity (Wildman–Crippen MR) is 118 cm³/mol. The third-order valence-corrected chi connectivity index (χ3v) is 4.72. The third-order valence-electron chi connectivity index (χ3n) is 4.72. The summed E-state index contributed by atoms with van der Waals surface area (Å²) in [5.74, 6) is 0.418. The molecule has 4 aromatic rings. The monoisotopic (exact) mass is 408 g/mol. The van der Waals surface area contributed by atoms with Crippen molar-refractivity contribution in [1.29, 1.82) is 5.26 Å². The zero-order valence-corrected chi connectivity index (χ0v) is 16.7. The lowest BCUT2D eigenvalue weighted by Gasteiger charge is -2.10. The Labute approximate surface area is 180 Å². The lowest BCUT2D eigenvalue weighted by molar-refractivity contribution is 0.0951. The van der Waals surface area contributed by atoms with Crippen LogP contribution in [0.15, 0.2) is 91.1 Å². The summed E-state index contributed by atoms with van der Waals surface area (Å²) in [7, 11) is 0. The standard InChI is InChI=1S/C25H20N4O2/c26-13-15-31-23-11-4-6-19(16-23)18-27-25(30)21-9-5-10-22(17-21)29-24(12-14-28-29)20-7-2-1-3-8-20/h1-12,14,16-17H,15,18H2,(H,27,30). The van der Waals surface area contributed by atoms with Crippen molar-refractivity contribution >= 4 is 5.91 Å². The number of nitrogens with one attached hydrogen (secondary N) is 1. The van der Waals surface area contributed by atoms with Crippen molar-refractivity contribution < 1.29 is 9.53 Å². The largest absolute Gasteiger partial charge is 0.479 e. The summed E-state index contributed by atoms with van der Waals surface area (Å²) in [6.07, 6.45) is 1.75. The van der Waals surface area contributed by atoms with E-state index in [0.29, 0.717) is 17.9 Å². The Morgan fingerprint density at radius 1 is 1.00 bits per heavy atom. The molecule has 1 aromatic heterocycles. The van der Waals surface area contributed by atoms with Gasteiger partial charge in [-0.2, -0.15) is 10.4 Å². The first-order valence-electron chi connectivity index (χ1n) is 9.81. The van der Waals surface area contributed by atoms with Crippen LogP contribution in [0.1, 0.15) is 15.9 Å². The lowest BCUT2D eigenvalue weighted by Crippen LogP contribution is -2.23. The molecule has 1 heterocycles. The number of rotatable bonds is 7. The lowest BCUT2D eigenvalue weighted by atomic mass is 10.1. The molecule has 31 heavy (non-hydrogen) atoms. The van der Waals surface area contributed by atoms with Crippen LogP contribution in [0.2, 0.25) is 0 Å². The van der Waals surface area contributed by atoms with E-state index in [9.17, 15) is 4.79 Å². The van der Waals surface area contributed by atoms with Crippen molar-refractivity contribution in [2.75, 3.05) is 6.61 Å². The van der Waals surface area contributed by atoms with E-state index in [0.717, 1.165) is 22.5 Å². The van der Waals surface area contributed by atoms with Crippen LogP contribution in [-0.4, -0.2) is 22.3 Å². The maximum absolute atomic E-state index is 12.7. The Morgan fingerprint density at radius 2 is 1.84 bits per heavy atom. The quantitative estimate of drug-likeness (QED) is 0.492. The topological polar surface area (TPSA) is 79.9 Å². The summed E-state index contributed by atoms with van der Waals surface area (Å²) in [6, 6.07) is 28.6. The SMILES string of the molecule is N#CCOc1cccc(CNC(=O)c2cccc(-n3nccc3-c3ccccc3)c2)c1. The van der Waals surface area contributed by atoms with Crippen LogP contribution in [0, 0.1) is 11.3 Å². The van der Waals surface area contributed by atoms with Gasteiger partial charge in [0.1, 0.15) is 11.8 Å². The van der Waals surface area contributed by atoms with E-state index < -0.39 is 0 Å². The highest BCUT2D eigenvalue weighted by Crippen LogP contribution is 2.22. The number of hydrogen-bond acceptors (Lipinski definition) is 4. The van der Waals surface area contributed by atoms with Crippen molar-refractivity contribution in [3.63, 3.8) is 0 Å². The Kier molecular flexibility index (Phi) is 6.05. The van der Waals surface area contributed by atoms with Crippen LogP contribution in [0.25, 0.3) is 16.9 Å². The molecule has 0 atom stereocenters. The second kappa shape index (κ2) is 9.42. The minimum absolute atomic E-state index is 0.0129. The van der Waals surface area contributed by atoms with Gasteiger partial charge in [-0.3, -0.25) is 4.79 Å². The highest BCUT2D eigenvalue weighted by Gasteiger charge is 2.11. The molecule has 152 valence electrons. The van der Waals surface area contributed by atoms with E-state index in [1.54, 1.807) is 18.3 Å². The van der Waals surface area contributed by atoms with Gasteiger partial charge in [0, 0.05) is 17.7 Å². The zero-order chi connectivity index (χ0) is 21.5. The molecule has 0 aliphatic carbocycles. The van der Waals surface area contributed by atoms with Gasteiger partial charge in [-0.25, -0.2) is 4.68 Å². The second-order valence-corrected chi connectivity index (χ2v) is 6.82. The Morgan fingerprint density at radius 3 is 2.68 bits per heavy atom. The average Bonchev–Trinajstić information content (AvgIpc) is 3.32. The molecule has 0 bridgehead atoms. The summed E-state index contributed by atoms with van der Waals surface area (Å²) in [5.41, 5.74) is 4.24. The van der Waals surface area contributed by atoms with E-state index in [4.69, 9.17) is 10.00 Å². The van der Waals surface area contributed by atoms with E-state index in [1.165, 1.54) is 0 Å². The maximum atomic E-state index is 12.7. The Hall–Kier alpha value is -4.37. The van der Waals surface area contributed by atoms with Gasteiger partial charge in [0.25, 0.3) is 5.91 Å². The molecule has 6 heteroatoms. The molecular formula is C25H20N4O2. The number of hydrogen-bond donors (Lipinski definition) is 1. The number of benzene rings is 3. The van der Waals surface area contributed by atoms with Crippen LogP contribution in [0.3, 0.4) is 0 Å². The summed E-state index contributed by atoms with van der Waals surface area (Å²) < 4.78 is 7.13. The predicted octanol–water partition coefficient (Wildman–Crippen LogP) is 4.37. The van der Waals surface area contributed by atoms with Gasteiger partial charge in [-0.1, -0.05) is 48.5 Å². The zero-order valence-electron chi connectivity index (χ0n) is 16.7. The summed E-state index contributed by atoms with van der Waals surface area (Å²) in [5, 5.41) is 16.0. The maximum Gasteiger partial charge on any atom is 0.251 e. The van der Waals surface area contributed by atoms with Crippen LogP contribution in [0.5, 0.6) is 5.75 Å². The first-order valence-corrected chi connectivity index (χ1v) is 9.81.